The number of methoxy groups -OCH3 is 1. The smallest absolute Gasteiger partial charge is 0.153 e. The van der Waals surface area contributed by atoms with Gasteiger partial charge in [-0.25, -0.2) is 4.39 Å². The van der Waals surface area contributed by atoms with Crippen LogP contribution in [0.4, 0.5) is 4.39 Å². The first-order valence-corrected chi connectivity index (χ1v) is 4.91. The molecule has 92 valence electrons. The Morgan fingerprint density at radius 2 is 1.75 bits per heavy atom. The second-order valence-corrected chi connectivity index (χ2v) is 2.69. The van der Waals surface area contributed by atoms with E-state index < -0.39 is 5.82 Å². The molecule has 0 aliphatic carbocycles. The number of carbonyl (C=O) groups excluding carboxylic acids is 1. The lowest BCUT2D eigenvalue weighted by atomic mass is 10.1. The molecule has 0 heterocycles. The molecule has 0 spiro atoms. The Hall–Kier alpha value is -1.42. The van der Waals surface area contributed by atoms with Crippen LogP contribution in [0.5, 0.6) is 5.75 Å². The quantitative estimate of drug-likeness (QED) is 0.754. The number of aromatic hydroxyl groups is 1. The third-order valence-corrected chi connectivity index (χ3v) is 1.44. The summed E-state index contributed by atoms with van der Waals surface area (Å²) in [5.74, 6) is -0.663. The first-order chi connectivity index (χ1) is 7.56. The van der Waals surface area contributed by atoms with Crippen molar-refractivity contribution in [3.05, 3.63) is 29.1 Å². The van der Waals surface area contributed by atoms with Gasteiger partial charge in [0.2, 0.25) is 0 Å². The molecule has 1 N–H and O–H groups in total. The minimum atomic E-state index is -0.602. The standard InChI is InChI=1S/C8H7FO2.C2H6O.C2H6/c1-5-2-7(9)6(4-10)3-8(5)11;1-3-2;1-2/h2-4,11H,1H3;1-2H3;1-2H3. The highest BCUT2D eigenvalue weighted by Gasteiger charge is 2.04. The van der Waals surface area contributed by atoms with Crippen LogP contribution in [0, 0.1) is 12.7 Å². The molecule has 0 atom stereocenters. The Bertz CT molecular complexity index is 311. The van der Waals surface area contributed by atoms with Gasteiger partial charge in [0.15, 0.2) is 6.29 Å². The predicted molar refractivity (Wildman–Crippen MR) is 62.5 cm³/mol. The summed E-state index contributed by atoms with van der Waals surface area (Å²) in [5.41, 5.74) is 0.307. The highest BCUT2D eigenvalue weighted by Crippen LogP contribution is 2.19. The van der Waals surface area contributed by atoms with E-state index in [0.717, 1.165) is 12.1 Å². The van der Waals surface area contributed by atoms with Crippen molar-refractivity contribution in [3.8, 4) is 5.75 Å². The fourth-order valence-electron chi connectivity index (χ4n) is 0.768. The van der Waals surface area contributed by atoms with E-state index in [9.17, 15) is 9.18 Å². The molecule has 1 aromatic rings. The van der Waals surface area contributed by atoms with Crippen LogP contribution in [0.3, 0.4) is 0 Å². The van der Waals surface area contributed by atoms with Gasteiger partial charge in [-0.3, -0.25) is 4.79 Å². The van der Waals surface area contributed by atoms with Gasteiger partial charge in [-0.15, -0.1) is 0 Å². The van der Waals surface area contributed by atoms with Gasteiger partial charge in [-0.1, -0.05) is 13.8 Å². The van der Waals surface area contributed by atoms with E-state index in [1.54, 1.807) is 21.1 Å². The van der Waals surface area contributed by atoms with Crippen LogP contribution >= 0.6 is 0 Å². The van der Waals surface area contributed by atoms with Crippen molar-refractivity contribution < 1.29 is 19.0 Å². The van der Waals surface area contributed by atoms with E-state index in [1.807, 2.05) is 13.8 Å². The largest absolute Gasteiger partial charge is 0.508 e. The molecular formula is C12H19FO3. The zero-order valence-corrected chi connectivity index (χ0v) is 10.4. The highest BCUT2D eigenvalue weighted by molar-refractivity contribution is 5.76. The number of carbonyl (C=O) groups is 1. The summed E-state index contributed by atoms with van der Waals surface area (Å²) >= 11 is 0. The number of hydrogen-bond acceptors (Lipinski definition) is 3. The predicted octanol–water partition coefficient (Wildman–Crippen LogP) is 2.94. The number of benzene rings is 1. The number of rotatable bonds is 1. The lowest BCUT2D eigenvalue weighted by Gasteiger charge is -1.99. The van der Waals surface area contributed by atoms with Crippen LogP contribution in [0.2, 0.25) is 0 Å². The third-order valence-electron chi connectivity index (χ3n) is 1.44. The molecule has 1 rings (SSSR count). The molecule has 0 amide bonds. The van der Waals surface area contributed by atoms with Crippen molar-refractivity contribution in [1.29, 1.82) is 0 Å². The first kappa shape index (κ1) is 17.0. The van der Waals surface area contributed by atoms with Crippen molar-refractivity contribution in [1.82, 2.24) is 0 Å². The molecule has 0 radical (unpaired) electrons. The summed E-state index contributed by atoms with van der Waals surface area (Å²) in [6.07, 6.45) is 0.370. The molecule has 3 nitrogen and oxygen atoms in total. The number of phenols is 1. The lowest BCUT2D eigenvalue weighted by Crippen LogP contribution is -1.88. The van der Waals surface area contributed by atoms with Gasteiger partial charge in [0.25, 0.3) is 0 Å². The van der Waals surface area contributed by atoms with Gasteiger partial charge < -0.3 is 9.84 Å². The molecule has 16 heavy (non-hydrogen) atoms. The van der Waals surface area contributed by atoms with Crippen molar-refractivity contribution in [2.45, 2.75) is 20.8 Å². The van der Waals surface area contributed by atoms with Crippen LogP contribution in [0.1, 0.15) is 29.8 Å². The van der Waals surface area contributed by atoms with Gasteiger partial charge in [0.1, 0.15) is 11.6 Å². The van der Waals surface area contributed by atoms with Gasteiger partial charge in [-0.05, 0) is 24.6 Å². The molecule has 0 aliphatic heterocycles. The minimum Gasteiger partial charge on any atom is -0.508 e. The van der Waals surface area contributed by atoms with E-state index in [-0.39, 0.29) is 11.3 Å². The molecule has 0 saturated heterocycles. The van der Waals surface area contributed by atoms with Crippen LogP contribution in [-0.4, -0.2) is 25.6 Å². The number of ether oxygens (including phenoxy) is 1. The average Bonchev–Trinajstić information content (AvgIpc) is 2.27. The van der Waals surface area contributed by atoms with Crippen molar-refractivity contribution in [2.24, 2.45) is 0 Å². The van der Waals surface area contributed by atoms with E-state index >= 15 is 0 Å². The summed E-state index contributed by atoms with van der Waals surface area (Å²) in [5, 5.41) is 9.03. The summed E-state index contributed by atoms with van der Waals surface area (Å²) < 4.78 is 16.9. The van der Waals surface area contributed by atoms with Crippen molar-refractivity contribution in [2.75, 3.05) is 14.2 Å². The Morgan fingerprint density at radius 3 is 2.12 bits per heavy atom. The van der Waals surface area contributed by atoms with Crippen LogP contribution in [0.15, 0.2) is 12.1 Å². The van der Waals surface area contributed by atoms with Gasteiger partial charge in [0, 0.05) is 14.2 Å². The normalized spacial score (nSPS) is 8.12. The fraction of sp³-hybridized carbons (Fsp3) is 0.417. The molecule has 0 aromatic heterocycles. The van der Waals surface area contributed by atoms with E-state index in [2.05, 4.69) is 4.74 Å². The van der Waals surface area contributed by atoms with Gasteiger partial charge in [-0.2, -0.15) is 0 Å². The maximum absolute atomic E-state index is 12.7. The minimum absolute atomic E-state index is 0.0616. The third kappa shape index (κ3) is 6.14. The first-order valence-electron chi connectivity index (χ1n) is 4.91. The summed E-state index contributed by atoms with van der Waals surface area (Å²) in [6, 6.07) is 2.23. The topological polar surface area (TPSA) is 46.5 Å². The van der Waals surface area contributed by atoms with Crippen LogP contribution in [-0.2, 0) is 4.74 Å². The molecule has 0 aliphatic rings. The van der Waals surface area contributed by atoms with E-state index in [0.29, 0.717) is 11.8 Å². The van der Waals surface area contributed by atoms with Crippen LogP contribution in [0.25, 0.3) is 0 Å². The molecular weight excluding hydrogens is 211 g/mol. The molecule has 0 saturated carbocycles. The fourth-order valence-corrected chi connectivity index (χ4v) is 0.768. The Labute approximate surface area is 95.9 Å². The zero-order valence-electron chi connectivity index (χ0n) is 10.4. The number of aryl methyl sites for hydroxylation is 1. The number of halogens is 1. The zero-order chi connectivity index (χ0) is 13.1. The summed E-state index contributed by atoms with van der Waals surface area (Å²) in [7, 11) is 3.25. The highest BCUT2D eigenvalue weighted by atomic mass is 19.1. The lowest BCUT2D eigenvalue weighted by molar-refractivity contribution is 0.111. The van der Waals surface area contributed by atoms with Crippen molar-refractivity contribution >= 4 is 6.29 Å². The van der Waals surface area contributed by atoms with Gasteiger partial charge >= 0.3 is 0 Å². The second-order valence-electron chi connectivity index (χ2n) is 2.69. The molecule has 0 unspecified atom stereocenters. The second kappa shape index (κ2) is 10.1. The Balaban J connectivity index is 0. The SMILES string of the molecule is CC.COC.Cc1cc(F)c(C=O)cc1O. The van der Waals surface area contributed by atoms with E-state index in [4.69, 9.17) is 5.11 Å². The molecule has 4 heteroatoms. The Kier molecular flexibility index (Phi) is 10.7. The summed E-state index contributed by atoms with van der Waals surface area (Å²) in [6.45, 7) is 5.56. The van der Waals surface area contributed by atoms with E-state index in [1.165, 1.54) is 0 Å². The number of hydrogen-bond donors (Lipinski definition) is 1. The average molecular weight is 230 g/mol. The molecule has 0 fully saturated rings. The maximum atomic E-state index is 12.7. The summed E-state index contributed by atoms with van der Waals surface area (Å²) in [4.78, 5) is 10.1. The molecule has 0 bridgehead atoms. The monoisotopic (exact) mass is 230 g/mol. The van der Waals surface area contributed by atoms with Crippen molar-refractivity contribution in [3.63, 3.8) is 0 Å². The number of phenolic OH excluding ortho intramolecular Hbond substituents is 1. The number of aldehydes is 1. The molecule has 1 aromatic carbocycles. The maximum Gasteiger partial charge on any atom is 0.153 e. The Morgan fingerprint density at radius 1 is 1.31 bits per heavy atom. The van der Waals surface area contributed by atoms with Gasteiger partial charge in [0.05, 0.1) is 5.56 Å². The van der Waals surface area contributed by atoms with Crippen LogP contribution < -0.4 is 0 Å².